The summed E-state index contributed by atoms with van der Waals surface area (Å²) in [5.41, 5.74) is 0. The van der Waals surface area contributed by atoms with Crippen LogP contribution in [0.1, 0.15) is 20.3 Å². The number of hydrogen-bond donors (Lipinski definition) is 0. The molecule has 1 heterocycles. The Bertz CT molecular complexity index is 270. The lowest BCUT2D eigenvalue weighted by molar-refractivity contribution is -0.133. The van der Waals surface area contributed by atoms with Crippen molar-refractivity contribution in [1.29, 1.82) is 0 Å². The predicted octanol–water partition coefficient (Wildman–Crippen LogP) is 1.22. The lowest BCUT2D eigenvalue weighted by Gasteiger charge is -2.29. The van der Waals surface area contributed by atoms with E-state index < -0.39 is 0 Å². The van der Waals surface area contributed by atoms with Gasteiger partial charge >= 0.3 is 0 Å². The molecule has 92 valence electrons. The first-order valence-electron chi connectivity index (χ1n) is 5.55. The minimum Gasteiger partial charge on any atom is -0.378 e. The number of alkyl halides is 1. The van der Waals surface area contributed by atoms with Gasteiger partial charge < -0.3 is 9.64 Å². The summed E-state index contributed by atoms with van der Waals surface area (Å²) in [7, 11) is 0. The molecule has 1 aliphatic heterocycles. The third kappa shape index (κ3) is 3.04. The van der Waals surface area contributed by atoms with Crippen molar-refractivity contribution in [3.05, 3.63) is 0 Å². The standard InChI is InChI=1S/C11H18BrNO3/c1-3-4-13(8(2)14)10-7-16-6-9(10)11(15)5-12/h9-10H,3-7H2,1-2H3. The molecule has 16 heavy (non-hydrogen) atoms. The maximum absolute atomic E-state index is 11.7. The molecule has 0 bridgehead atoms. The highest BCUT2D eigenvalue weighted by molar-refractivity contribution is 9.09. The summed E-state index contributed by atoms with van der Waals surface area (Å²) in [6.45, 7) is 5.16. The van der Waals surface area contributed by atoms with E-state index in [9.17, 15) is 9.59 Å². The first kappa shape index (κ1) is 13.6. The zero-order valence-corrected chi connectivity index (χ0v) is 11.3. The van der Waals surface area contributed by atoms with Gasteiger partial charge in [0.1, 0.15) is 0 Å². The zero-order valence-electron chi connectivity index (χ0n) is 9.74. The van der Waals surface area contributed by atoms with Crippen LogP contribution < -0.4 is 0 Å². The molecule has 0 aromatic rings. The van der Waals surface area contributed by atoms with Crippen molar-refractivity contribution in [2.45, 2.75) is 26.3 Å². The number of Topliss-reactive ketones (excluding diaryl/α,β-unsaturated/α-hetero) is 1. The molecule has 0 spiro atoms. The summed E-state index contributed by atoms with van der Waals surface area (Å²) in [5, 5.41) is 0.329. The summed E-state index contributed by atoms with van der Waals surface area (Å²) in [4.78, 5) is 25.0. The lowest BCUT2D eigenvalue weighted by Crippen LogP contribution is -2.46. The third-order valence-electron chi connectivity index (χ3n) is 2.87. The Balaban J connectivity index is 2.74. The molecule has 0 aliphatic carbocycles. The fraction of sp³-hybridized carbons (Fsp3) is 0.818. The number of carbonyl (C=O) groups is 2. The van der Waals surface area contributed by atoms with Crippen molar-refractivity contribution in [3.8, 4) is 0 Å². The highest BCUT2D eigenvalue weighted by atomic mass is 79.9. The molecule has 5 heteroatoms. The average Bonchev–Trinajstić information content (AvgIpc) is 2.72. The number of ketones is 1. The molecule has 1 fully saturated rings. The molecule has 2 unspecified atom stereocenters. The number of hydrogen-bond acceptors (Lipinski definition) is 3. The molecule has 1 amide bonds. The minimum absolute atomic E-state index is 0.0183. The molecule has 2 atom stereocenters. The second kappa shape index (κ2) is 6.35. The van der Waals surface area contributed by atoms with Crippen LogP contribution in [-0.2, 0) is 14.3 Å². The van der Waals surface area contributed by atoms with Gasteiger partial charge in [0.25, 0.3) is 0 Å². The first-order chi connectivity index (χ1) is 7.61. The lowest BCUT2D eigenvalue weighted by atomic mass is 9.98. The Morgan fingerprint density at radius 3 is 2.62 bits per heavy atom. The van der Waals surface area contributed by atoms with Crippen molar-refractivity contribution >= 4 is 27.6 Å². The van der Waals surface area contributed by atoms with Crippen LogP contribution in [0, 0.1) is 5.92 Å². The first-order valence-corrected chi connectivity index (χ1v) is 6.67. The molecule has 0 N–H and O–H groups in total. The number of nitrogens with zero attached hydrogens (tertiary/aromatic N) is 1. The second-order valence-electron chi connectivity index (χ2n) is 4.02. The summed E-state index contributed by atoms with van der Waals surface area (Å²) in [6.07, 6.45) is 0.894. The van der Waals surface area contributed by atoms with E-state index in [1.165, 1.54) is 0 Å². The summed E-state index contributed by atoms with van der Waals surface area (Å²) >= 11 is 3.17. The molecule has 0 radical (unpaired) electrons. The highest BCUT2D eigenvalue weighted by Gasteiger charge is 2.37. The van der Waals surface area contributed by atoms with Gasteiger partial charge in [0, 0.05) is 13.5 Å². The second-order valence-corrected chi connectivity index (χ2v) is 4.58. The van der Waals surface area contributed by atoms with E-state index in [1.54, 1.807) is 11.8 Å². The van der Waals surface area contributed by atoms with Crippen molar-refractivity contribution in [2.75, 3.05) is 25.1 Å². The van der Waals surface area contributed by atoms with Gasteiger partial charge in [0.15, 0.2) is 5.78 Å². The summed E-state index contributed by atoms with van der Waals surface area (Å²) in [6, 6.07) is -0.0810. The summed E-state index contributed by atoms with van der Waals surface area (Å²) < 4.78 is 5.33. The molecular formula is C11H18BrNO3. The van der Waals surface area contributed by atoms with Crippen LogP contribution in [0.25, 0.3) is 0 Å². The van der Waals surface area contributed by atoms with Gasteiger partial charge in [-0.05, 0) is 6.42 Å². The SMILES string of the molecule is CCCN(C(C)=O)C1COCC1C(=O)CBr. The predicted molar refractivity (Wildman–Crippen MR) is 64.6 cm³/mol. The van der Waals surface area contributed by atoms with Crippen LogP contribution in [-0.4, -0.2) is 47.7 Å². The van der Waals surface area contributed by atoms with Gasteiger partial charge in [-0.15, -0.1) is 0 Å². The van der Waals surface area contributed by atoms with Gasteiger partial charge in [-0.2, -0.15) is 0 Å². The van der Waals surface area contributed by atoms with Crippen molar-refractivity contribution in [1.82, 2.24) is 4.90 Å². The van der Waals surface area contributed by atoms with E-state index in [0.717, 1.165) is 6.42 Å². The Kier molecular flexibility index (Phi) is 5.41. The third-order valence-corrected chi connectivity index (χ3v) is 3.42. The molecule has 1 aliphatic rings. The number of halogens is 1. The quantitative estimate of drug-likeness (QED) is 0.716. The van der Waals surface area contributed by atoms with Crippen LogP contribution in [0.4, 0.5) is 0 Å². The van der Waals surface area contributed by atoms with Gasteiger partial charge in [0.05, 0.1) is 30.5 Å². The number of amides is 1. The topological polar surface area (TPSA) is 46.6 Å². The minimum atomic E-state index is -0.171. The van der Waals surface area contributed by atoms with E-state index >= 15 is 0 Å². The van der Waals surface area contributed by atoms with E-state index in [0.29, 0.717) is 25.1 Å². The Morgan fingerprint density at radius 1 is 1.44 bits per heavy atom. The monoisotopic (exact) mass is 291 g/mol. The highest BCUT2D eigenvalue weighted by Crippen LogP contribution is 2.21. The molecule has 0 aromatic carbocycles. The van der Waals surface area contributed by atoms with E-state index in [-0.39, 0.29) is 23.7 Å². The molecular weight excluding hydrogens is 274 g/mol. The summed E-state index contributed by atoms with van der Waals surface area (Å²) in [5.74, 6) is -0.0376. The van der Waals surface area contributed by atoms with Crippen LogP contribution in [0.3, 0.4) is 0 Å². The molecule has 4 nitrogen and oxygen atoms in total. The maximum atomic E-state index is 11.7. The van der Waals surface area contributed by atoms with Crippen molar-refractivity contribution < 1.29 is 14.3 Å². The number of rotatable bonds is 5. The zero-order chi connectivity index (χ0) is 12.1. The number of carbonyl (C=O) groups excluding carboxylic acids is 2. The molecule has 1 rings (SSSR count). The molecule has 1 saturated heterocycles. The van der Waals surface area contributed by atoms with Gasteiger partial charge in [-0.25, -0.2) is 0 Å². The van der Waals surface area contributed by atoms with E-state index in [1.807, 2.05) is 6.92 Å². The largest absolute Gasteiger partial charge is 0.378 e. The van der Waals surface area contributed by atoms with Crippen LogP contribution in [0.5, 0.6) is 0 Å². The molecule has 0 saturated carbocycles. The van der Waals surface area contributed by atoms with Crippen molar-refractivity contribution in [2.24, 2.45) is 5.92 Å². The van der Waals surface area contributed by atoms with Gasteiger partial charge in [-0.1, -0.05) is 22.9 Å². The average molecular weight is 292 g/mol. The van der Waals surface area contributed by atoms with Crippen LogP contribution in [0.15, 0.2) is 0 Å². The Labute approximate surface area is 104 Å². The smallest absolute Gasteiger partial charge is 0.219 e. The Hall–Kier alpha value is -0.420. The maximum Gasteiger partial charge on any atom is 0.219 e. The van der Waals surface area contributed by atoms with Crippen LogP contribution in [0.2, 0.25) is 0 Å². The van der Waals surface area contributed by atoms with Gasteiger partial charge in [-0.3, -0.25) is 9.59 Å². The van der Waals surface area contributed by atoms with Crippen LogP contribution >= 0.6 is 15.9 Å². The normalized spacial score (nSPS) is 24.4. The Morgan fingerprint density at radius 2 is 2.12 bits per heavy atom. The van der Waals surface area contributed by atoms with E-state index in [4.69, 9.17) is 4.74 Å². The van der Waals surface area contributed by atoms with Gasteiger partial charge in [0.2, 0.25) is 5.91 Å². The fourth-order valence-electron chi connectivity index (χ4n) is 2.05. The number of ether oxygens (including phenoxy) is 1. The fourth-order valence-corrected chi connectivity index (χ4v) is 2.47. The van der Waals surface area contributed by atoms with E-state index in [2.05, 4.69) is 15.9 Å². The van der Waals surface area contributed by atoms with Crippen molar-refractivity contribution in [3.63, 3.8) is 0 Å². The molecule has 0 aromatic heterocycles.